The second kappa shape index (κ2) is 6.28. The molecule has 110 valence electrons. The van der Waals surface area contributed by atoms with Gasteiger partial charge in [-0.3, -0.25) is 0 Å². The molecule has 0 aromatic heterocycles. The lowest BCUT2D eigenvalue weighted by atomic mass is 9.84. The third-order valence-electron chi connectivity index (χ3n) is 5.02. The van der Waals surface area contributed by atoms with Gasteiger partial charge in [0.05, 0.1) is 6.10 Å². The first-order valence-corrected chi connectivity index (χ1v) is 8.26. The number of benzene rings is 1. The van der Waals surface area contributed by atoms with Crippen molar-refractivity contribution in [2.45, 2.75) is 58.1 Å². The van der Waals surface area contributed by atoms with E-state index in [1.54, 1.807) is 11.1 Å². The fourth-order valence-electron chi connectivity index (χ4n) is 3.87. The highest BCUT2D eigenvalue weighted by Gasteiger charge is 2.32. The van der Waals surface area contributed by atoms with Crippen LogP contribution in [0.2, 0.25) is 0 Å². The summed E-state index contributed by atoms with van der Waals surface area (Å²) in [6.07, 6.45) is 6.79. The van der Waals surface area contributed by atoms with Crippen LogP contribution >= 0.6 is 0 Å². The maximum Gasteiger partial charge on any atom is 0.0594 e. The molecule has 2 nitrogen and oxygen atoms in total. The number of hydrogen-bond donors (Lipinski definition) is 1. The number of hydrogen-bond acceptors (Lipinski definition) is 2. The fraction of sp³-hybridized carbons (Fsp3) is 0.667. The summed E-state index contributed by atoms with van der Waals surface area (Å²) in [5.41, 5.74) is 4.63. The van der Waals surface area contributed by atoms with Gasteiger partial charge in [0.15, 0.2) is 0 Å². The molecule has 3 rings (SSSR count). The molecule has 1 aliphatic carbocycles. The molecule has 0 spiro atoms. The van der Waals surface area contributed by atoms with E-state index in [1.165, 1.54) is 37.7 Å². The Hall–Kier alpha value is -0.860. The van der Waals surface area contributed by atoms with Gasteiger partial charge in [-0.2, -0.15) is 0 Å². The average molecular weight is 273 g/mol. The average Bonchev–Trinajstić information content (AvgIpc) is 2.90. The van der Waals surface area contributed by atoms with Gasteiger partial charge >= 0.3 is 0 Å². The second-order valence-corrected chi connectivity index (χ2v) is 6.30. The zero-order valence-corrected chi connectivity index (χ0v) is 12.8. The van der Waals surface area contributed by atoms with E-state index < -0.39 is 0 Å². The van der Waals surface area contributed by atoms with Crippen LogP contribution in [0.5, 0.6) is 0 Å². The van der Waals surface area contributed by atoms with Crippen LogP contribution in [0.4, 0.5) is 0 Å². The molecule has 0 radical (unpaired) electrons. The molecule has 0 saturated carbocycles. The Bertz CT molecular complexity index is 457. The molecule has 2 heteroatoms. The lowest BCUT2D eigenvalue weighted by molar-refractivity contribution is 0.0955. The minimum absolute atomic E-state index is 0.370. The molecular weight excluding hydrogens is 246 g/mol. The molecular formula is C18H27NO. The Morgan fingerprint density at radius 3 is 2.75 bits per heavy atom. The minimum Gasteiger partial charge on any atom is -0.378 e. The van der Waals surface area contributed by atoms with E-state index in [4.69, 9.17) is 4.74 Å². The van der Waals surface area contributed by atoms with Crippen LogP contribution in [-0.2, 0) is 17.6 Å². The summed E-state index contributed by atoms with van der Waals surface area (Å²) < 4.78 is 5.79. The molecule has 1 N–H and O–H groups in total. The van der Waals surface area contributed by atoms with Crippen molar-refractivity contribution in [1.82, 2.24) is 5.32 Å². The van der Waals surface area contributed by atoms with Crippen LogP contribution < -0.4 is 5.32 Å². The molecule has 0 amide bonds. The summed E-state index contributed by atoms with van der Waals surface area (Å²) in [6, 6.07) is 7.63. The topological polar surface area (TPSA) is 21.3 Å². The van der Waals surface area contributed by atoms with Crippen LogP contribution in [0.3, 0.4) is 0 Å². The molecule has 1 aromatic rings. The number of aryl methyl sites for hydroxylation is 2. The van der Waals surface area contributed by atoms with Gasteiger partial charge in [-0.05, 0) is 62.3 Å². The number of rotatable bonds is 4. The Balaban J connectivity index is 1.87. The monoisotopic (exact) mass is 273 g/mol. The van der Waals surface area contributed by atoms with Gasteiger partial charge in [0.25, 0.3) is 0 Å². The Morgan fingerprint density at radius 2 is 2.05 bits per heavy atom. The van der Waals surface area contributed by atoms with Crippen LogP contribution in [-0.4, -0.2) is 19.3 Å². The zero-order valence-electron chi connectivity index (χ0n) is 12.8. The van der Waals surface area contributed by atoms with E-state index in [0.29, 0.717) is 18.1 Å². The van der Waals surface area contributed by atoms with Gasteiger partial charge in [-0.1, -0.05) is 25.1 Å². The van der Waals surface area contributed by atoms with Gasteiger partial charge in [-0.15, -0.1) is 0 Å². The summed E-state index contributed by atoms with van der Waals surface area (Å²) in [6.45, 7) is 6.36. The van der Waals surface area contributed by atoms with Gasteiger partial charge in [0.2, 0.25) is 0 Å². The normalized spacial score (nSPS) is 27.3. The van der Waals surface area contributed by atoms with Gasteiger partial charge in [0.1, 0.15) is 0 Å². The predicted octanol–water partition coefficient (Wildman–Crippen LogP) is 3.64. The lowest BCUT2D eigenvalue weighted by Crippen LogP contribution is -2.32. The molecule has 1 heterocycles. The van der Waals surface area contributed by atoms with Crippen LogP contribution in [0.1, 0.15) is 55.8 Å². The number of ether oxygens (including phenoxy) is 1. The third kappa shape index (κ3) is 2.77. The van der Waals surface area contributed by atoms with E-state index in [9.17, 15) is 0 Å². The molecule has 3 unspecified atom stereocenters. The second-order valence-electron chi connectivity index (χ2n) is 6.30. The van der Waals surface area contributed by atoms with E-state index in [1.807, 2.05) is 0 Å². The number of fused-ring (bicyclic) bond motifs is 1. The highest BCUT2D eigenvalue weighted by molar-refractivity contribution is 5.35. The van der Waals surface area contributed by atoms with Crippen LogP contribution in [0.15, 0.2) is 18.2 Å². The molecule has 20 heavy (non-hydrogen) atoms. The minimum atomic E-state index is 0.370. The maximum absolute atomic E-state index is 5.79. The molecule has 1 saturated heterocycles. The van der Waals surface area contributed by atoms with Crippen molar-refractivity contribution < 1.29 is 4.74 Å². The molecule has 0 bridgehead atoms. The predicted molar refractivity (Wildman–Crippen MR) is 83.0 cm³/mol. The highest BCUT2D eigenvalue weighted by Crippen LogP contribution is 2.35. The first-order chi connectivity index (χ1) is 9.79. The standard InChI is InChI=1S/C18H27NO/c1-3-19-18(17-10-11-20-13(17)2)16-9-8-14-6-4-5-7-15(14)12-16/h8-9,12-13,17-19H,3-7,10-11H2,1-2H3. The fourth-order valence-corrected chi connectivity index (χ4v) is 3.87. The van der Waals surface area contributed by atoms with Crippen molar-refractivity contribution in [3.05, 3.63) is 34.9 Å². The smallest absolute Gasteiger partial charge is 0.0594 e. The van der Waals surface area contributed by atoms with E-state index in [2.05, 4.69) is 37.4 Å². The maximum atomic E-state index is 5.79. The Kier molecular flexibility index (Phi) is 4.42. The van der Waals surface area contributed by atoms with Gasteiger partial charge in [-0.25, -0.2) is 0 Å². The SMILES string of the molecule is CCNC(c1ccc2c(c1)CCCC2)C1CCOC1C. The van der Waals surface area contributed by atoms with Gasteiger partial charge in [0, 0.05) is 18.6 Å². The van der Waals surface area contributed by atoms with Crippen LogP contribution in [0, 0.1) is 5.92 Å². The molecule has 1 fully saturated rings. The lowest BCUT2D eigenvalue weighted by Gasteiger charge is -2.28. The molecule has 2 aliphatic rings. The highest BCUT2D eigenvalue weighted by atomic mass is 16.5. The first-order valence-electron chi connectivity index (χ1n) is 8.26. The van der Waals surface area contributed by atoms with E-state index in [-0.39, 0.29) is 0 Å². The molecule has 1 aromatic carbocycles. The Morgan fingerprint density at radius 1 is 1.25 bits per heavy atom. The largest absolute Gasteiger partial charge is 0.378 e. The molecule has 1 aliphatic heterocycles. The summed E-state index contributed by atoms with van der Waals surface area (Å²) in [4.78, 5) is 0. The zero-order chi connectivity index (χ0) is 13.9. The first kappa shape index (κ1) is 14.1. The summed E-state index contributed by atoms with van der Waals surface area (Å²) in [7, 11) is 0. The van der Waals surface area contributed by atoms with Crippen molar-refractivity contribution in [3.8, 4) is 0 Å². The summed E-state index contributed by atoms with van der Waals surface area (Å²) in [5.74, 6) is 0.608. The Labute approximate surface area is 122 Å². The number of nitrogens with one attached hydrogen (secondary N) is 1. The quantitative estimate of drug-likeness (QED) is 0.904. The van der Waals surface area contributed by atoms with Crippen molar-refractivity contribution in [1.29, 1.82) is 0 Å². The van der Waals surface area contributed by atoms with Gasteiger partial charge < -0.3 is 10.1 Å². The van der Waals surface area contributed by atoms with E-state index in [0.717, 1.165) is 13.2 Å². The summed E-state index contributed by atoms with van der Waals surface area (Å²) in [5, 5.41) is 3.70. The molecule has 3 atom stereocenters. The van der Waals surface area contributed by atoms with Crippen molar-refractivity contribution >= 4 is 0 Å². The summed E-state index contributed by atoms with van der Waals surface area (Å²) >= 11 is 0. The van der Waals surface area contributed by atoms with Crippen molar-refractivity contribution in [2.75, 3.05) is 13.2 Å². The van der Waals surface area contributed by atoms with Crippen LogP contribution in [0.25, 0.3) is 0 Å². The van der Waals surface area contributed by atoms with Crippen molar-refractivity contribution in [2.24, 2.45) is 5.92 Å². The van der Waals surface area contributed by atoms with E-state index >= 15 is 0 Å². The third-order valence-corrected chi connectivity index (χ3v) is 5.02. The van der Waals surface area contributed by atoms with Crippen molar-refractivity contribution in [3.63, 3.8) is 0 Å².